The average Bonchev–Trinajstić information content (AvgIpc) is 3.12. The molecule has 35 heavy (non-hydrogen) atoms. The number of nitrogens with zero attached hydrogens (tertiary/aromatic N) is 1. The lowest BCUT2D eigenvalue weighted by atomic mass is 10.0. The van der Waals surface area contributed by atoms with Crippen LogP contribution in [-0.4, -0.2) is 22.0 Å². The van der Waals surface area contributed by atoms with E-state index in [9.17, 15) is 14.4 Å². The molecule has 1 aliphatic heterocycles. The first kappa shape index (κ1) is 23.3. The van der Waals surface area contributed by atoms with Gasteiger partial charge in [-0.2, -0.15) is 0 Å². The summed E-state index contributed by atoms with van der Waals surface area (Å²) in [4.78, 5) is 39.9. The SMILES string of the molecule is O=C(Oc1cccc(/C=C2\SC(=O)N(Cc3cccc4ccccc34)C2=O)c1)c1ccccc1I. The van der Waals surface area contributed by atoms with Gasteiger partial charge in [0.05, 0.1) is 17.0 Å². The first-order valence-electron chi connectivity index (χ1n) is 10.8. The molecule has 1 saturated heterocycles. The predicted octanol–water partition coefficient (Wildman–Crippen LogP) is 6.90. The van der Waals surface area contributed by atoms with Gasteiger partial charge in [0.25, 0.3) is 11.1 Å². The van der Waals surface area contributed by atoms with E-state index >= 15 is 0 Å². The lowest BCUT2D eigenvalue weighted by molar-refractivity contribution is -0.123. The molecule has 0 atom stereocenters. The van der Waals surface area contributed by atoms with E-state index in [0.29, 0.717) is 21.8 Å². The van der Waals surface area contributed by atoms with Crippen LogP contribution in [0.25, 0.3) is 16.8 Å². The quantitative estimate of drug-likeness (QED) is 0.109. The van der Waals surface area contributed by atoms with Crippen LogP contribution >= 0.6 is 34.4 Å². The zero-order valence-corrected chi connectivity index (χ0v) is 21.3. The molecule has 0 radical (unpaired) electrons. The number of benzene rings is 4. The van der Waals surface area contributed by atoms with Gasteiger partial charge in [-0.25, -0.2) is 4.79 Å². The van der Waals surface area contributed by atoms with Crippen LogP contribution in [0.1, 0.15) is 21.5 Å². The third-order valence-electron chi connectivity index (χ3n) is 5.54. The van der Waals surface area contributed by atoms with Crippen molar-refractivity contribution in [1.29, 1.82) is 0 Å². The van der Waals surface area contributed by atoms with Crippen molar-refractivity contribution < 1.29 is 19.1 Å². The summed E-state index contributed by atoms with van der Waals surface area (Å²) in [5.41, 5.74) is 2.05. The lowest BCUT2D eigenvalue weighted by Crippen LogP contribution is -2.27. The van der Waals surface area contributed by atoms with Gasteiger partial charge in [0.2, 0.25) is 0 Å². The Hall–Kier alpha value is -3.43. The number of rotatable bonds is 5. The monoisotopic (exact) mass is 591 g/mol. The molecule has 4 aromatic carbocycles. The van der Waals surface area contributed by atoms with E-state index < -0.39 is 5.97 Å². The van der Waals surface area contributed by atoms with Crippen LogP contribution in [0.2, 0.25) is 0 Å². The average molecular weight is 591 g/mol. The largest absolute Gasteiger partial charge is 0.423 e. The van der Waals surface area contributed by atoms with E-state index in [4.69, 9.17) is 4.74 Å². The molecule has 0 saturated carbocycles. The Labute approximate surface area is 219 Å². The van der Waals surface area contributed by atoms with Gasteiger partial charge in [-0.15, -0.1) is 0 Å². The maximum absolute atomic E-state index is 13.1. The summed E-state index contributed by atoms with van der Waals surface area (Å²) in [6.07, 6.45) is 1.65. The molecule has 1 fully saturated rings. The number of imide groups is 1. The number of fused-ring (bicyclic) bond motifs is 1. The van der Waals surface area contributed by atoms with E-state index in [1.54, 1.807) is 42.5 Å². The van der Waals surface area contributed by atoms with E-state index in [-0.39, 0.29) is 17.7 Å². The lowest BCUT2D eigenvalue weighted by Gasteiger charge is -2.14. The van der Waals surface area contributed by atoms with Gasteiger partial charge in [0, 0.05) is 3.57 Å². The van der Waals surface area contributed by atoms with Crippen LogP contribution in [0.5, 0.6) is 5.75 Å². The van der Waals surface area contributed by atoms with E-state index in [0.717, 1.165) is 31.7 Å². The van der Waals surface area contributed by atoms with Crippen molar-refractivity contribution in [2.45, 2.75) is 6.54 Å². The summed E-state index contributed by atoms with van der Waals surface area (Å²) in [5, 5.41) is 1.76. The maximum Gasteiger partial charge on any atom is 0.344 e. The third kappa shape index (κ3) is 5.01. The Kier molecular flexibility index (Phi) is 6.70. The first-order chi connectivity index (χ1) is 17.0. The van der Waals surface area contributed by atoms with Crippen molar-refractivity contribution in [3.63, 3.8) is 0 Å². The normalized spacial score (nSPS) is 14.7. The molecular weight excluding hydrogens is 573 g/mol. The Balaban J connectivity index is 1.35. The number of halogens is 1. The minimum atomic E-state index is -0.456. The number of esters is 1. The van der Waals surface area contributed by atoms with Crippen LogP contribution in [-0.2, 0) is 11.3 Å². The van der Waals surface area contributed by atoms with Gasteiger partial charge in [-0.05, 0) is 86.6 Å². The Morgan fingerprint density at radius 2 is 1.66 bits per heavy atom. The summed E-state index contributed by atoms with van der Waals surface area (Å²) < 4.78 is 6.33. The van der Waals surface area contributed by atoms with E-state index in [1.165, 1.54) is 4.90 Å². The third-order valence-corrected chi connectivity index (χ3v) is 7.39. The second-order valence-electron chi connectivity index (χ2n) is 7.85. The highest BCUT2D eigenvalue weighted by Crippen LogP contribution is 2.34. The number of carbonyl (C=O) groups excluding carboxylic acids is 3. The highest BCUT2D eigenvalue weighted by molar-refractivity contribution is 14.1. The van der Waals surface area contributed by atoms with Gasteiger partial charge in [0.1, 0.15) is 5.75 Å². The molecule has 1 heterocycles. The molecule has 4 aromatic rings. The summed E-state index contributed by atoms with van der Waals surface area (Å²) in [6, 6.07) is 27.8. The predicted molar refractivity (Wildman–Crippen MR) is 146 cm³/mol. The van der Waals surface area contributed by atoms with Crippen molar-refractivity contribution in [2.24, 2.45) is 0 Å². The van der Waals surface area contributed by atoms with Crippen LogP contribution < -0.4 is 4.74 Å². The van der Waals surface area contributed by atoms with Crippen LogP contribution in [0.3, 0.4) is 0 Å². The number of amides is 2. The second-order valence-corrected chi connectivity index (χ2v) is 10.0. The molecule has 0 unspecified atom stereocenters. The highest BCUT2D eigenvalue weighted by atomic mass is 127. The second kappa shape index (κ2) is 10.1. The molecule has 1 aliphatic rings. The first-order valence-corrected chi connectivity index (χ1v) is 12.7. The van der Waals surface area contributed by atoms with Gasteiger partial charge in [0.15, 0.2) is 0 Å². The molecule has 0 spiro atoms. The molecule has 5 rings (SSSR count). The van der Waals surface area contributed by atoms with Crippen molar-refractivity contribution in [3.05, 3.63) is 116 Å². The summed E-state index contributed by atoms with van der Waals surface area (Å²) in [5.74, 6) is -0.435. The molecule has 0 aliphatic carbocycles. The zero-order chi connectivity index (χ0) is 24.4. The maximum atomic E-state index is 13.1. The fraction of sp³-hybridized carbons (Fsp3) is 0.0357. The molecule has 0 bridgehead atoms. The summed E-state index contributed by atoms with van der Waals surface area (Å²) in [7, 11) is 0. The van der Waals surface area contributed by atoms with E-state index in [2.05, 4.69) is 22.6 Å². The molecule has 172 valence electrons. The molecule has 5 nitrogen and oxygen atoms in total. The van der Waals surface area contributed by atoms with Crippen LogP contribution in [0.4, 0.5) is 4.79 Å². The van der Waals surface area contributed by atoms with Gasteiger partial charge >= 0.3 is 5.97 Å². The highest BCUT2D eigenvalue weighted by Gasteiger charge is 2.35. The molecule has 7 heteroatoms. The fourth-order valence-electron chi connectivity index (χ4n) is 3.84. The zero-order valence-electron chi connectivity index (χ0n) is 18.3. The minimum Gasteiger partial charge on any atom is -0.423 e. The Bertz CT molecular complexity index is 1510. The molecule has 0 aromatic heterocycles. The minimum absolute atomic E-state index is 0.205. The Morgan fingerprint density at radius 3 is 2.51 bits per heavy atom. The smallest absolute Gasteiger partial charge is 0.344 e. The van der Waals surface area contributed by atoms with Gasteiger partial charge in [-0.3, -0.25) is 14.5 Å². The molecular formula is C28H18INO4S. The standard InChI is InChI=1S/C28H18INO4S/c29-24-14-4-3-13-23(24)27(32)34-21-11-5-7-18(15-21)16-25-26(31)30(28(33)35-25)17-20-10-6-9-19-8-1-2-12-22(19)20/h1-16H,17H2/b25-16-. The number of thioether (sulfide) groups is 1. The molecule has 2 amide bonds. The number of hydrogen-bond donors (Lipinski definition) is 0. The van der Waals surface area contributed by atoms with Crippen LogP contribution in [0, 0.1) is 3.57 Å². The van der Waals surface area contributed by atoms with Crippen LogP contribution in [0.15, 0.2) is 95.9 Å². The Morgan fingerprint density at radius 1 is 0.914 bits per heavy atom. The van der Waals surface area contributed by atoms with Gasteiger partial charge < -0.3 is 4.74 Å². The van der Waals surface area contributed by atoms with Crippen molar-refractivity contribution in [1.82, 2.24) is 4.90 Å². The van der Waals surface area contributed by atoms with Crippen molar-refractivity contribution in [3.8, 4) is 5.75 Å². The number of hydrogen-bond acceptors (Lipinski definition) is 5. The fourth-order valence-corrected chi connectivity index (χ4v) is 5.29. The summed E-state index contributed by atoms with van der Waals surface area (Å²) in [6.45, 7) is 0.205. The number of ether oxygens (including phenoxy) is 1. The van der Waals surface area contributed by atoms with Gasteiger partial charge in [-0.1, -0.05) is 66.7 Å². The molecule has 0 N–H and O–H groups in total. The van der Waals surface area contributed by atoms with Crippen molar-refractivity contribution >= 4 is 68.3 Å². The van der Waals surface area contributed by atoms with Crippen molar-refractivity contribution in [2.75, 3.05) is 0 Å². The topological polar surface area (TPSA) is 63.7 Å². The summed E-state index contributed by atoms with van der Waals surface area (Å²) >= 11 is 3.00. The number of carbonyl (C=O) groups is 3. The van der Waals surface area contributed by atoms with E-state index in [1.807, 2.05) is 54.6 Å².